The Morgan fingerprint density at radius 1 is 1.60 bits per heavy atom. The van der Waals surface area contributed by atoms with E-state index in [4.69, 9.17) is 5.14 Å². The number of primary sulfonamides is 1. The molecule has 1 heterocycles. The molecule has 0 atom stereocenters. The molecule has 0 aliphatic heterocycles. The molecule has 0 aliphatic rings. The van der Waals surface area contributed by atoms with Crippen molar-refractivity contribution in [1.29, 1.82) is 0 Å². The van der Waals surface area contributed by atoms with Gasteiger partial charge in [-0.05, 0) is 0 Å². The predicted molar refractivity (Wildman–Crippen MR) is 35.3 cm³/mol. The maximum atomic E-state index is 10.4. The van der Waals surface area contributed by atoms with E-state index in [9.17, 15) is 8.42 Å². The number of aromatic nitrogens is 2. The topological polar surface area (TPSA) is 78.0 Å². The molecule has 0 radical (unpaired) electrons. The van der Waals surface area contributed by atoms with Crippen LogP contribution in [0.5, 0.6) is 0 Å². The van der Waals surface area contributed by atoms with Crippen LogP contribution in [0.2, 0.25) is 0 Å². The molecule has 0 aliphatic carbocycles. The van der Waals surface area contributed by atoms with Crippen molar-refractivity contribution in [2.75, 3.05) is 0 Å². The van der Waals surface area contributed by atoms with E-state index in [0.29, 0.717) is 0 Å². The lowest BCUT2D eigenvalue weighted by molar-refractivity contribution is 0.586. The zero-order valence-corrected chi connectivity index (χ0v) is 5.95. The van der Waals surface area contributed by atoms with E-state index in [1.54, 1.807) is 0 Å². The van der Waals surface area contributed by atoms with Gasteiger partial charge in [0.15, 0.2) is 0 Å². The molecular formula is C4H7N3O2S. The summed E-state index contributed by atoms with van der Waals surface area (Å²) >= 11 is 0. The normalized spacial score (nSPS) is 11.7. The van der Waals surface area contributed by atoms with Crippen molar-refractivity contribution in [2.45, 2.75) is 5.88 Å². The summed E-state index contributed by atoms with van der Waals surface area (Å²) in [5.41, 5.74) is 0. The fraction of sp³-hybridized carbons (Fsp3) is 0.250. The summed E-state index contributed by atoms with van der Waals surface area (Å²) in [5.74, 6) is -0.215. The number of nitrogens with two attached hydrogens (primary N) is 1. The molecule has 10 heavy (non-hydrogen) atoms. The quantitative estimate of drug-likeness (QED) is 0.612. The maximum Gasteiger partial charge on any atom is 0.227 e. The van der Waals surface area contributed by atoms with Crippen molar-refractivity contribution >= 4 is 10.0 Å². The number of hydrogen-bond acceptors (Lipinski definition) is 3. The van der Waals surface area contributed by atoms with Gasteiger partial charge in [-0.1, -0.05) is 0 Å². The minimum absolute atomic E-state index is 0.215. The van der Waals surface area contributed by atoms with Crippen molar-refractivity contribution in [2.24, 2.45) is 5.14 Å². The molecular weight excluding hydrogens is 154 g/mol. The number of sulfonamides is 1. The fourth-order valence-electron chi connectivity index (χ4n) is 0.571. The number of nitrogens with zero attached hydrogens (tertiary/aromatic N) is 2. The summed E-state index contributed by atoms with van der Waals surface area (Å²) in [6.07, 6.45) is 4.42. The zero-order valence-electron chi connectivity index (χ0n) is 5.14. The summed E-state index contributed by atoms with van der Waals surface area (Å²) in [6, 6.07) is 0. The second kappa shape index (κ2) is 2.39. The van der Waals surface area contributed by atoms with Crippen molar-refractivity contribution in [3.05, 3.63) is 18.7 Å². The first-order valence-corrected chi connectivity index (χ1v) is 4.26. The summed E-state index contributed by atoms with van der Waals surface area (Å²) in [6.45, 7) is 0. The van der Waals surface area contributed by atoms with Gasteiger partial charge >= 0.3 is 0 Å². The Labute approximate surface area is 58.5 Å². The van der Waals surface area contributed by atoms with Crippen molar-refractivity contribution in [3.63, 3.8) is 0 Å². The van der Waals surface area contributed by atoms with Crippen LogP contribution in [0.25, 0.3) is 0 Å². The minimum atomic E-state index is -3.42. The Kier molecular flexibility index (Phi) is 1.73. The van der Waals surface area contributed by atoms with E-state index in [-0.39, 0.29) is 5.88 Å². The Balaban J connectivity index is 2.75. The van der Waals surface area contributed by atoms with Crippen LogP contribution in [0.1, 0.15) is 0 Å². The van der Waals surface area contributed by atoms with Crippen LogP contribution < -0.4 is 5.14 Å². The number of rotatable bonds is 2. The lowest BCUT2D eigenvalue weighted by Gasteiger charge is -1.96. The monoisotopic (exact) mass is 161 g/mol. The number of imidazole rings is 1. The van der Waals surface area contributed by atoms with Crippen LogP contribution in [-0.2, 0) is 15.9 Å². The molecule has 6 heteroatoms. The molecule has 0 unspecified atom stereocenters. The number of hydrogen-bond donors (Lipinski definition) is 1. The Hall–Kier alpha value is -0.880. The first kappa shape index (κ1) is 7.23. The Bertz CT molecular complexity index is 288. The molecule has 1 aromatic rings. The lowest BCUT2D eigenvalue weighted by atomic mass is 10.9. The van der Waals surface area contributed by atoms with Crippen molar-refractivity contribution in [3.8, 4) is 0 Å². The summed E-state index contributed by atoms with van der Waals surface area (Å²) in [4.78, 5) is 3.65. The van der Waals surface area contributed by atoms with E-state index in [1.165, 1.54) is 23.3 Å². The van der Waals surface area contributed by atoms with Crippen molar-refractivity contribution in [1.82, 2.24) is 9.55 Å². The predicted octanol–water partition coefficient (Wildman–Crippen LogP) is -0.871. The van der Waals surface area contributed by atoms with Crippen LogP contribution in [0, 0.1) is 0 Å². The lowest BCUT2D eigenvalue weighted by Crippen LogP contribution is -2.17. The standard InChI is InChI=1S/C4H7N3O2S/c5-10(8,9)4-7-2-1-6-3-7/h1-3H,4H2,(H2,5,8,9). The third kappa shape index (κ3) is 2.16. The molecule has 5 nitrogen and oxygen atoms in total. The zero-order chi connectivity index (χ0) is 7.61. The molecule has 0 spiro atoms. The molecule has 1 rings (SSSR count). The molecule has 0 amide bonds. The molecule has 0 fully saturated rings. The average Bonchev–Trinajstić information content (AvgIpc) is 2.12. The van der Waals surface area contributed by atoms with E-state index >= 15 is 0 Å². The Morgan fingerprint density at radius 3 is 2.70 bits per heavy atom. The highest BCUT2D eigenvalue weighted by Gasteiger charge is 2.01. The third-order valence-corrected chi connectivity index (χ3v) is 1.55. The molecule has 1 aromatic heterocycles. The third-order valence-electron chi connectivity index (χ3n) is 0.888. The average molecular weight is 161 g/mol. The first-order valence-electron chi connectivity index (χ1n) is 2.54. The summed E-state index contributed by atoms with van der Waals surface area (Å²) in [5, 5.41) is 4.75. The van der Waals surface area contributed by atoms with Gasteiger partial charge < -0.3 is 4.57 Å². The van der Waals surface area contributed by atoms with Gasteiger partial charge in [0.2, 0.25) is 10.0 Å². The van der Waals surface area contributed by atoms with Crippen LogP contribution in [-0.4, -0.2) is 18.0 Å². The SMILES string of the molecule is NS(=O)(=O)Cn1ccnc1. The van der Waals surface area contributed by atoms with E-state index in [1.807, 2.05) is 0 Å². The van der Waals surface area contributed by atoms with Gasteiger partial charge in [0, 0.05) is 12.4 Å². The second-order valence-corrected chi connectivity index (χ2v) is 3.45. The van der Waals surface area contributed by atoms with Gasteiger partial charge in [0.1, 0.15) is 5.88 Å². The van der Waals surface area contributed by atoms with Gasteiger partial charge in [-0.15, -0.1) is 0 Å². The van der Waals surface area contributed by atoms with Gasteiger partial charge in [0.25, 0.3) is 0 Å². The molecule has 0 aromatic carbocycles. The van der Waals surface area contributed by atoms with Crippen LogP contribution in [0.15, 0.2) is 18.7 Å². The smallest absolute Gasteiger partial charge is 0.227 e. The molecule has 0 saturated heterocycles. The van der Waals surface area contributed by atoms with Gasteiger partial charge in [0.05, 0.1) is 6.33 Å². The highest BCUT2D eigenvalue weighted by molar-refractivity contribution is 7.88. The highest BCUT2D eigenvalue weighted by Crippen LogP contribution is 1.88. The van der Waals surface area contributed by atoms with Gasteiger partial charge in [-0.2, -0.15) is 0 Å². The molecule has 0 bridgehead atoms. The van der Waals surface area contributed by atoms with E-state index < -0.39 is 10.0 Å². The Morgan fingerprint density at radius 2 is 2.30 bits per heavy atom. The van der Waals surface area contributed by atoms with Gasteiger partial charge in [-0.25, -0.2) is 18.5 Å². The minimum Gasteiger partial charge on any atom is -0.321 e. The van der Waals surface area contributed by atoms with Crippen molar-refractivity contribution < 1.29 is 8.42 Å². The summed E-state index contributed by atoms with van der Waals surface area (Å²) in [7, 11) is -3.42. The molecule has 0 saturated carbocycles. The van der Waals surface area contributed by atoms with Crippen LogP contribution in [0.4, 0.5) is 0 Å². The highest BCUT2D eigenvalue weighted by atomic mass is 32.2. The summed E-state index contributed by atoms with van der Waals surface area (Å²) < 4.78 is 22.2. The second-order valence-electron chi connectivity index (χ2n) is 1.87. The molecule has 2 N–H and O–H groups in total. The van der Waals surface area contributed by atoms with E-state index in [2.05, 4.69) is 4.98 Å². The van der Waals surface area contributed by atoms with Crippen LogP contribution in [0.3, 0.4) is 0 Å². The maximum absolute atomic E-state index is 10.4. The molecule has 56 valence electrons. The van der Waals surface area contributed by atoms with E-state index in [0.717, 1.165) is 0 Å². The van der Waals surface area contributed by atoms with Crippen LogP contribution >= 0.6 is 0 Å². The van der Waals surface area contributed by atoms with Gasteiger partial charge in [-0.3, -0.25) is 0 Å². The first-order chi connectivity index (χ1) is 4.58. The fourth-order valence-corrected chi connectivity index (χ4v) is 1.14. The largest absolute Gasteiger partial charge is 0.321 e.